The predicted molar refractivity (Wildman–Crippen MR) is 151 cm³/mol. The van der Waals surface area contributed by atoms with E-state index in [1.54, 1.807) is 9.80 Å². The maximum Gasteiger partial charge on any atom is 0.490 e. The second-order valence-corrected chi connectivity index (χ2v) is 11.4. The Hall–Kier alpha value is -3.61. The third-order valence-electron chi connectivity index (χ3n) is 7.76. The molecule has 2 amide bonds. The molecule has 1 aromatic rings. The van der Waals surface area contributed by atoms with Crippen molar-refractivity contribution in [3.8, 4) is 0 Å². The van der Waals surface area contributed by atoms with Crippen LogP contribution in [0.5, 0.6) is 0 Å². The topological polar surface area (TPSA) is 125 Å². The fraction of sp³-hybridized carbons (Fsp3) is 0.600. The van der Waals surface area contributed by atoms with Gasteiger partial charge >= 0.3 is 24.2 Å². The van der Waals surface area contributed by atoms with E-state index in [0.29, 0.717) is 13.1 Å². The third kappa shape index (κ3) is 8.94. The molecule has 4 atom stereocenters. The molecule has 0 saturated carbocycles. The van der Waals surface area contributed by atoms with Crippen LogP contribution in [0.15, 0.2) is 24.3 Å². The lowest BCUT2D eigenvalue weighted by Crippen LogP contribution is -2.54. The summed E-state index contributed by atoms with van der Waals surface area (Å²) in [6.45, 7) is 7.26. The molecule has 1 saturated heterocycles. The van der Waals surface area contributed by atoms with E-state index in [0.717, 1.165) is 42.4 Å². The fourth-order valence-corrected chi connectivity index (χ4v) is 5.48. The molecule has 0 spiro atoms. The lowest BCUT2D eigenvalue weighted by Gasteiger charge is -2.31. The van der Waals surface area contributed by atoms with E-state index in [1.807, 2.05) is 19.9 Å². The van der Waals surface area contributed by atoms with Crippen molar-refractivity contribution in [2.45, 2.75) is 96.4 Å². The highest BCUT2D eigenvalue weighted by Gasteiger charge is 2.45. The Morgan fingerprint density at radius 2 is 1.86 bits per heavy atom. The second kappa shape index (κ2) is 14.7. The van der Waals surface area contributed by atoms with E-state index in [4.69, 9.17) is 19.4 Å². The van der Waals surface area contributed by atoms with Crippen LogP contribution >= 0.6 is 0 Å². The quantitative estimate of drug-likeness (QED) is 0.469. The van der Waals surface area contributed by atoms with Crippen molar-refractivity contribution in [3.05, 3.63) is 41.0 Å². The summed E-state index contributed by atoms with van der Waals surface area (Å²) >= 11 is 0. The molecule has 13 heteroatoms. The summed E-state index contributed by atoms with van der Waals surface area (Å²) in [5.74, 6) is -3.35. The van der Waals surface area contributed by atoms with E-state index in [9.17, 15) is 27.6 Å². The number of carboxylic acids is 1. The molecule has 10 nitrogen and oxygen atoms in total. The Balaban J connectivity index is 0.000000646. The zero-order valence-electron chi connectivity index (χ0n) is 24.9. The van der Waals surface area contributed by atoms with Crippen LogP contribution in [0.2, 0.25) is 0 Å². The molecule has 3 heterocycles. The Labute approximate surface area is 249 Å². The number of fused-ring (bicyclic) bond motifs is 3. The van der Waals surface area contributed by atoms with E-state index >= 15 is 0 Å². The molecule has 4 rings (SSSR count). The number of carbonyl (C=O) groups is 4. The van der Waals surface area contributed by atoms with Gasteiger partial charge < -0.3 is 24.8 Å². The van der Waals surface area contributed by atoms with Gasteiger partial charge in [0.1, 0.15) is 12.1 Å². The number of hydrogen-bond donors (Lipinski definition) is 2. The van der Waals surface area contributed by atoms with E-state index in [-0.39, 0.29) is 30.8 Å². The van der Waals surface area contributed by atoms with Gasteiger partial charge in [0, 0.05) is 19.0 Å². The number of aliphatic carboxylic acids is 1. The highest BCUT2D eigenvalue weighted by Crippen LogP contribution is 2.30. The number of amides is 2. The minimum absolute atomic E-state index is 0.0354. The molecule has 0 radical (unpaired) electrons. The summed E-state index contributed by atoms with van der Waals surface area (Å²) in [6, 6.07) is 5.12. The Bertz CT molecular complexity index is 1200. The van der Waals surface area contributed by atoms with Crippen molar-refractivity contribution in [2.24, 2.45) is 5.92 Å². The van der Waals surface area contributed by atoms with E-state index in [1.165, 1.54) is 7.11 Å². The summed E-state index contributed by atoms with van der Waals surface area (Å²) < 4.78 is 42.6. The van der Waals surface area contributed by atoms with Gasteiger partial charge in [0.15, 0.2) is 0 Å². The van der Waals surface area contributed by atoms with Gasteiger partial charge in [-0.1, -0.05) is 50.6 Å². The van der Waals surface area contributed by atoms with Crippen molar-refractivity contribution in [1.82, 2.24) is 15.1 Å². The standard InChI is InChI=1S/C28H39N3O5.C2HF3O2/c1-18(2)25-26(32)31-16-22(14-24(31)27(33)35-4)36-28(34)30-15-21-13-9-12-20(23(21)17-30)11-8-6-5-7-10-19(3)29-25;3-2(4,5)1(6)7/h8-9,11-13,18-19,22,24-25,29H,5-7,10,14-17H2,1-4H3;(H,6,7)/b11-8+;/t19-,22+,24-,25-;/m0./s1. The van der Waals surface area contributed by atoms with Crippen molar-refractivity contribution < 1.29 is 46.9 Å². The Morgan fingerprint density at radius 3 is 2.49 bits per heavy atom. The minimum Gasteiger partial charge on any atom is -0.475 e. The summed E-state index contributed by atoms with van der Waals surface area (Å²) in [6.07, 6.45) is 2.58. The first-order valence-corrected chi connectivity index (χ1v) is 14.4. The number of carbonyl (C=O) groups excluding carboxylic acids is 3. The number of esters is 1. The summed E-state index contributed by atoms with van der Waals surface area (Å²) in [5.41, 5.74) is 3.41. The number of alkyl halides is 3. The average molecular weight is 612 g/mol. The van der Waals surface area contributed by atoms with Crippen LogP contribution in [-0.4, -0.2) is 82.9 Å². The van der Waals surface area contributed by atoms with Gasteiger partial charge in [0.05, 0.1) is 26.2 Å². The van der Waals surface area contributed by atoms with Gasteiger partial charge in [0.2, 0.25) is 5.91 Å². The summed E-state index contributed by atoms with van der Waals surface area (Å²) in [4.78, 5) is 51.5. The zero-order chi connectivity index (χ0) is 31.9. The molecule has 2 N–H and O–H groups in total. The van der Waals surface area contributed by atoms with Gasteiger partial charge in [0.25, 0.3) is 0 Å². The van der Waals surface area contributed by atoms with Gasteiger partial charge in [-0.15, -0.1) is 0 Å². The number of carboxylic acid groups (broad SMARTS) is 1. The van der Waals surface area contributed by atoms with Crippen LogP contribution in [0.3, 0.4) is 0 Å². The van der Waals surface area contributed by atoms with Crippen LogP contribution in [0.4, 0.5) is 18.0 Å². The molecule has 1 aromatic carbocycles. The number of halogens is 3. The lowest BCUT2D eigenvalue weighted by atomic mass is 9.99. The zero-order valence-corrected chi connectivity index (χ0v) is 24.9. The van der Waals surface area contributed by atoms with Gasteiger partial charge in [-0.2, -0.15) is 13.2 Å². The molecule has 43 heavy (non-hydrogen) atoms. The molecular formula is C30H40F3N3O7. The average Bonchev–Trinajstić information content (AvgIpc) is 3.57. The van der Waals surface area contributed by atoms with Gasteiger partial charge in [-0.05, 0) is 48.8 Å². The van der Waals surface area contributed by atoms with Crippen LogP contribution in [-0.2, 0) is 36.9 Å². The van der Waals surface area contributed by atoms with Gasteiger partial charge in [-0.25, -0.2) is 14.4 Å². The minimum atomic E-state index is -5.08. The number of ether oxygens (including phenoxy) is 2. The molecular weight excluding hydrogens is 571 g/mol. The third-order valence-corrected chi connectivity index (χ3v) is 7.76. The van der Waals surface area contributed by atoms with Crippen LogP contribution in [0, 0.1) is 5.92 Å². The first-order valence-electron chi connectivity index (χ1n) is 14.4. The monoisotopic (exact) mass is 611 g/mol. The molecule has 238 valence electrons. The highest BCUT2D eigenvalue weighted by molar-refractivity contribution is 5.88. The van der Waals surface area contributed by atoms with Crippen LogP contribution in [0.1, 0.15) is 69.6 Å². The number of allylic oxidation sites excluding steroid dienone is 1. The molecule has 4 bridgehead atoms. The fourth-order valence-electron chi connectivity index (χ4n) is 5.48. The molecule has 0 aromatic heterocycles. The number of hydrogen-bond acceptors (Lipinski definition) is 7. The lowest BCUT2D eigenvalue weighted by molar-refractivity contribution is -0.192. The maximum absolute atomic E-state index is 13.7. The van der Waals surface area contributed by atoms with E-state index in [2.05, 4.69) is 36.5 Å². The molecule has 1 fully saturated rings. The highest BCUT2D eigenvalue weighted by atomic mass is 19.4. The first-order chi connectivity index (χ1) is 20.2. The number of nitrogens with one attached hydrogen (secondary N) is 1. The second-order valence-electron chi connectivity index (χ2n) is 11.4. The van der Waals surface area contributed by atoms with Crippen molar-refractivity contribution in [1.29, 1.82) is 0 Å². The van der Waals surface area contributed by atoms with Crippen molar-refractivity contribution in [3.63, 3.8) is 0 Å². The predicted octanol–water partition coefficient (Wildman–Crippen LogP) is 4.50. The number of nitrogens with zero attached hydrogens (tertiary/aromatic N) is 2. The number of methoxy groups -OCH3 is 1. The number of benzene rings is 1. The summed E-state index contributed by atoms with van der Waals surface area (Å²) in [5, 5.41) is 10.6. The molecule has 0 aliphatic carbocycles. The molecule has 0 unspecified atom stereocenters. The van der Waals surface area contributed by atoms with Gasteiger partial charge in [-0.3, -0.25) is 9.69 Å². The Morgan fingerprint density at radius 1 is 1.16 bits per heavy atom. The van der Waals surface area contributed by atoms with E-state index < -0.39 is 42.4 Å². The van der Waals surface area contributed by atoms with Crippen LogP contribution in [0.25, 0.3) is 6.08 Å². The Kier molecular flexibility index (Phi) is 11.6. The van der Waals surface area contributed by atoms with Crippen molar-refractivity contribution in [2.75, 3.05) is 13.7 Å². The SMILES string of the molecule is COC(=O)[C@@H]1C[C@@H]2CN1C(=O)[C@H](C(C)C)N[C@@H](C)CCCC/C=C/c1cccc3c1CN(C3)C(=O)O2.O=C(O)C(F)(F)F. The smallest absolute Gasteiger partial charge is 0.475 e. The summed E-state index contributed by atoms with van der Waals surface area (Å²) in [7, 11) is 1.32. The largest absolute Gasteiger partial charge is 0.490 e. The first kappa shape index (κ1) is 33.9. The molecule has 3 aliphatic rings. The maximum atomic E-state index is 13.7. The van der Waals surface area contributed by atoms with Crippen LogP contribution < -0.4 is 5.32 Å². The normalized spacial score (nSPS) is 25.6. The molecule has 3 aliphatic heterocycles. The van der Waals surface area contributed by atoms with Crippen molar-refractivity contribution >= 4 is 30.0 Å². The number of rotatable bonds is 2.